The third-order valence-electron chi connectivity index (χ3n) is 4.35. The molecule has 2 nitrogen and oxygen atoms in total. The standard InChI is InChI=1S/C15H22Cl2N2/c1-4-15(5-2)10-19(11(3)9-18-15)14-7-6-12(16)8-13(14)17/h6-8,11,18H,4-5,9-10H2,1-3H3. The van der Waals surface area contributed by atoms with E-state index in [0.717, 1.165) is 36.6 Å². The summed E-state index contributed by atoms with van der Waals surface area (Å²) >= 11 is 12.3. The average Bonchev–Trinajstić information content (AvgIpc) is 2.41. The molecule has 106 valence electrons. The molecule has 0 bridgehead atoms. The van der Waals surface area contributed by atoms with Crippen LogP contribution < -0.4 is 10.2 Å². The molecule has 1 aromatic rings. The van der Waals surface area contributed by atoms with Crippen LogP contribution >= 0.6 is 23.2 Å². The summed E-state index contributed by atoms with van der Waals surface area (Å²) in [6.45, 7) is 8.69. The second-order valence-electron chi connectivity index (χ2n) is 5.44. The number of halogens is 2. The fourth-order valence-electron chi connectivity index (χ4n) is 2.77. The van der Waals surface area contributed by atoms with Crippen LogP contribution in [0.2, 0.25) is 10.0 Å². The summed E-state index contributed by atoms with van der Waals surface area (Å²) in [5.41, 5.74) is 1.28. The van der Waals surface area contributed by atoms with Crippen LogP contribution in [0.5, 0.6) is 0 Å². The van der Waals surface area contributed by atoms with Crippen molar-refractivity contribution in [2.45, 2.75) is 45.2 Å². The topological polar surface area (TPSA) is 15.3 Å². The molecule has 1 N–H and O–H groups in total. The quantitative estimate of drug-likeness (QED) is 0.893. The third-order valence-corrected chi connectivity index (χ3v) is 4.89. The molecule has 0 spiro atoms. The molecule has 0 saturated carbocycles. The zero-order valence-corrected chi connectivity index (χ0v) is 13.4. The molecule has 2 rings (SSSR count). The number of rotatable bonds is 3. The minimum Gasteiger partial charge on any atom is -0.364 e. The van der Waals surface area contributed by atoms with Gasteiger partial charge in [0.15, 0.2) is 0 Å². The van der Waals surface area contributed by atoms with Crippen LogP contribution in [0.15, 0.2) is 18.2 Å². The monoisotopic (exact) mass is 300 g/mol. The molecule has 1 aliphatic rings. The Morgan fingerprint density at radius 3 is 2.58 bits per heavy atom. The molecule has 0 radical (unpaired) electrons. The van der Waals surface area contributed by atoms with E-state index >= 15 is 0 Å². The Balaban J connectivity index is 2.31. The van der Waals surface area contributed by atoms with Crippen molar-refractivity contribution in [2.75, 3.05) is 18.0 Å². The van der Waals surface area contributed by atoms with Gasteiger partial charge in [0.05, 0.1) is 10.7 Å². The summed E-state index contributed by atoms with van der Waals surface area (Å²) in [4.78, 5) is 2.40. The molecule has 0 aromatic heterocycles. The van der Waals surface area contributed by atoms with E-state index in [1.807, 2.05) is 18.2 Å². The normalized spacial score (nSPS) is 22.6. The highest BCUT2D eigenvalue weighted by Crippen LogP contribution is 2.33. The van der Waals surface area contributed by atoms with E-state index in [0.29, 0.717) is 11.1 Å². The number of nitrogens with zero attached hydrogens (tertiary/aromatic N) is 1. The van der Waals surface area contributed by atoms with E-state index in [2.05, 4.69) is 31.0 Å². The van der Waals surface area contributed by atoms with Gasteiger partial charge < -0.3 is 10.2 Å². The van der Waals surface area contributed by atoms with E-state index in [1.54, 1.807) is 0 Å². The van der Waals surface area contributed by atoms with Gasteiger partial charge in [-0.1, -0.05) is 37.0 Å². The van der Waals surface area contributed by atoms with Crippen LogP contribution in [0, 0.1) is 0 Å². The first-order valence-electron chi connectivity index (χ1n) is 6.98. The maximum atomic E-state index is 6.36. The minimum atomic E-state index is 0.190. The fraction of sp³-hybridized carbons (Fsp3) is 0.600. The van der Waals surface area contributed by atoms with Gasteiger partial charge in [-0.05, 0) is 38.0 Å². The first-order chi connectivity index (χ1) is 9.01. The first-order valence-corrected chi connectivity index (χ1v) is 7.73. The van der Waals surface area contributed by atoms with Gasteiger partial charge in [-0.25, -0.2) is 0 Å². The van der Waals surface area contributed by atoms with Gasteiger partial charge in [0.25, 0.3) is 0 Å². The molecule has 0 amide bonds. The van der Waals surface area contributed by atoms with Crippen molar-refractivity contribution in [2.24, 2.45) is 0 Å². The zero-order chi connectivity index (χ0) is 14.0. The lowest BCUT2D eigenvalue weighted by Gasteiger charge is -2.48. The molecule has 1 aromatic carbocycles. The summed E-state index contributed by atoms with van der Waals surface area (Å²) in [6.07, 6.45) is 2.25. The highest BCUT2D eigenvalue weighted by Gasteiger charge is 2.35. The summed E-state index contributed by atoms with van der Waals surface area (Å²) in [5.74, 6) is 0. The predicted octanol–water partition coefficient (Wildman–Crippen LogP) is 4.35. The van der Waals surface area contributed by atoms with Gasteiger partial charge in [-0.3, -0.25) is 0 Å². The lowest BCUT2D eigenvalue weighted by atomic mass is 9.88. The number of hydrogen-bond donors (Lipinski definition) is 1. The van der Waals surface area contributed by atoms with Gasteiger partial charge in [-0.15, -0.1) is 0 Å². The Morgan fingerprint density at radius 2 is 2.00 bits per heavy atom. The second-order valence-corrected chi connectivity index (χ2v) is 6.28. The predicted molar refractivity (Wildman–Crippen MR) is 84.6 cm³/mol. The average molecular weight is 301 g/mol. The largest absolute Gasteiger partial charge is 0.364 e. The summed E-state index contributed by atoms with van der Waals surface area (Å²) in [7, 11) is 0. The van der Waals surface area contributed by atoms with Crippen molar-refractivity contribution in [3.63, 3.8) is 0 Å². The van der Waals surface area contributed by atoms with Gasteiger partial charge >= 0.3 is 0 Å². The highest BCUT2D eigenvalue weighted by molar-refractivity contribution is 6.36. The van der Waals surface area contributed by atoms with E-state index < -0.39 is 0 Å². The first kappa shape index (κ1) is 15.0. The maximum Gasteiger partial charge on any atom is 0.0654 e. The molecule has 1 saturated heterocycles. The molecular weight excluding hydrogens is 279 g/mol. The van der Waals surface area contributed by atoms with Crippen LogP contribution in [-0.4, -0.2) is 24.7 Å². The van der Waals surface area contributed by atoms with Gasteiger partial charge in [-0.2, -0.15) is 0 Å². The lowest BCUT2D eigenvalue weighted by Crippen LogP contribution is -2.63. The Labute approximate surface area is 126 Å². The fourth-order valence-corrected chi connectivity index (χ4v) is 3.29. The second kappa shape index (κ2) is 5.90. The molecular formula is C15H22Cl2N2. The molecule has 4 heteroatoms. The van der Waals surface area contributed by atoms with Crippen molar-refractivity contribution < 1.29 is 0 Å². The molecule has 1 fully saturated rings. The van der Waals surface area contributed by atoms with E-state index in [-0.39, 0.29) is 5.54 Å². The van der Waals surface area contributed by atoms with Crippen molar-refractivity contribution in [3.8, 4) is 0 Å². The molecule has 1 unspecified atom stereocenters. The van der Waals surface area contributed by atoms with Crippen molar-refractivity contribution in [1.82, 2.24) is 5.32 Å². The van der Waals surface area contributed by atoms with Crippen molar-refractivity contribution in [1.29, 1.82) is 0 Å². The number of nitrogens with one attached hydrogen (secondary N) is 1. The minimum absolute atomic E-state index is 0.190. The summed E-state index contributed by atoms with van der Waals surface area (Å²) in [5, 5.41) is 5.13. The zero-order valence-electron chi connectivity index (χ0n) is 11.8. The van der Waals surface area contributed by atoms with Gasteiger partial charge in [0, 0.05) is 29.7 Å². The Hall–Kier alpha value is -0.440. The lowest BCUT2D eigenvalue weighted by molar-refractivity contribution is 0.254. The summed E-state index contributed by atoms with van der Waals surface area (Å²) in [6, 6.07) is 6.21. The van der Waals surface area contributed by atoms with E-state index in [9.17, 15) is 0 Å². The highest BCUT2D eigenvalue weighted by atomic mass is 35.5. The van der Waals surface area contributed by atoms with Gasteiger partial charge in [0.2, 0.25) is 0 Å². The number of anilines is 1. The summed E-state index contributed by atoms with van der Waals surface area (Å²) < 4.78 is 0. The van der Waals surface area contributed by atoms with Crippen LogP contribution in [-0.2, 0) is 0 Å². The smallest absolute Gasteiger partial charge is 0.0654 e. The molecule has 1 heterocycles. The Bertz CT molecular complexity index is 444. The third kappa shape index (κ3) is 3.01. The van der Waals surface area contributed by atoms with Crippen LogP contribution in [0.3, 0.4) is 0 Å². The number of hydrogen-bond acceptors (Lipinski definition) is 2. The van der Waals surface area contributed by atoms with Crippen LogP contribution in [0.1, 0.15) is 33.6 Å². The Kier molecular flexibility index (Phi) is 4.65. The SMILES string of the molecule is CCC1(CC)CN(c2ccc(Cl)cc2Cl)C(C)CN1. The maximum absolute atomic E-state index is 6.36. The van der Waals surface area contributed by atoms with Crippen LogP contribution in [0.4, 0.5) is 5.69 Å². The van der Waals surface area contributed by atoms with Gasteiger partial charge in [0.1, 0.15) is 0 Å². The van der Waals surface area contributed by atoms with E-state index in [1.165, 1.54) is 0 Å². The van der Waals surface area contributed by atoms with Crippen molar-refractivity contribution in [3.05, 3.63) is 28.2 Å². The Morgan fingerprint density at radius 1 is 1.32 bits per heavy atom. The number of piperazine rings is 1. The molecule has 1 aliphatic heterocycles. The molecule has 0 aliphatic carbocycles. The van der Waals surface area contributed by atoms with E-state index in [4.69, 9.17) is 23.2 Å². The van der Waals surface area contributed by atoms with Crippen LogP contribution in [0.25, 0.3) is 0 Å². The molecule has 1 atom stereocenters. The molecule has 19 heavy (non-hydrogen) atoms. The number of benzene rings is 1. The van der Waals surface area contributed by atoms with Crippen molar-refractivity contribution >= 4 is 28.9 Å².